The maximum absolute atomic E-state index is 13.8. The average Bonchev–Trinajstić information content (AvgIpc) is 3.23. The lowest BCUT2D eigenvalue weighted by Gasteiger charge is -2.25. The standard InChI is InChI=1S/C29H22FN3O4S/c1-17-24(26(34)32-22-6-4-3-5-7-22)25(19-12-14-21(30)15-13-19)33-27(35)23(38-29(33)31-17)16-18-8-10-20(11-9-18)28(36)37-2/h3-16,25H,1-2H3,(H,32,34)/t25-/m1/s1. The molecular weight excluding hydrogens is 505 g/mol. The number of fused-ring (bicyclic) bond motifs is 1. The zero-order valence-corrected chi connectivity index (χ0v) is 21.3. The van der Waals surface area contributed by atoms with Crippen LogP contribution >= 0.6 is 11.3 Å². The molecule has 5 rings (SSSR count). The molecule has 1 aliphatic heterocycles. The number of halogens is 1. The number of aromatic nitrogens is 1. The minimum atomic E-state index is -0.806. The predicted octanol–water partition coefficient (Wildman–Crippen LogP) is 3.80. The molecule has 38 heavy (non-hydrogen) atoms. The Morgan fingerprint density at radius 2 is 1.71 bits per heavy atom. The number of carbonyl (C=O) groups excluding carboxylic acids is 2. The molecule has 2 heterocycles. The third-order valence-electron chi connectivity index (χ3n) is 6.11. The number of anilines is 1. The summed E-state index contributed by atoms with van der Waals surface area (Å²) in [6, 6.07) is 20.6. The summed E-state index contributed by atoms with van der Waals surface area (Å²) in [4.78, 5) is 44.0. The van der Waals surface area contributed by atoms with Crippen LogP contribution in [0.4, 0.5) is 10.1 Å². The molecule has 0 saturated carbocycles. The van der Waals surface area contributed by atoms with Gasteiger partial charge < -0.3 is 10.1 Å². The van der Waals surface area contributed by atoms with E-state index in [1.54, 1.807) is 73.7 Å². The van der Waals surface area contributed by atoms with E-state index in [-0.39, 0.29) is 5.56 Å². The summed E-state index contributed by atoms with van der Waals surface area (Å²) in [6.07, 6.45) is 1.70. The Balaban J connectivity index is 1.62. The Bertz CT molecular complexity index is 1740. The van der Waals surface area contributed by atoms with Crippen molar-refractivity contribution >= 4 is 35.0 Å². The quantitative estimate of drug-likeness (QED) is 0.400. The molecule has 0 aliphatic carbocycles. The van der Waals surface area contributed by atoms with Crippen LogP contribution in [0.5, 0.6) is 0 Å². The Morgan fingerprint density at radius 3 is 2.37 bits per heavy atom. The van der Waals surface area contributed by atoms with Crippen LogP contribution in [0.1, 0.15) is 34.5 Å². The second-order valence-corrected chi connectivity index (χ2v) is 9.58. The first kappa shape index (κ1) is 25.0. The minimum Gasteiger partial charge on any atom is -0.465 e. The van der Waals surface area contributed by atoms with Gasteiger partial charge in [0, 0.05) is 5.69 Å². The number of amides is 1. The van der Waals surface area contributed by atoms with Crippen molar-refractivity contribution in [2.75, 3.05) is 12.4 Å². The molecule has 1 aromatic heterocycles. The Hall–Kier alpha value is -4.63. The van der Waals surface area contributed by atoms with Gasteiger partial charge in [-0.05, 0) is 60.5 Å². The number of allylic oxidation sites excluding steroid dienone is 1. The van der Waals surface area contributed by atoms with Crippen molar-refractivity contribution in [2.24, 2.45) is 4.99 Å². The second-order valence-electron chi connectivity index (χ2n) is 8.57. The largest absolute Gasteiger partial charge is 0.465 e. The molecule has 1 amide bonds. The van der Waals surface area contributed by atoms with Gasteiger partial charge >= 0.3 is 5.97 Å². The first-order chi connectivity index (χ1) is 18.4. The highest BCUT2D eigenvalue weighted by molar-refractivity contribution is 7.07. The van der Waals surface area contributed by atoms with Gasteiger partial charge in [-0.15, -0.1) is 0 Å². The van der Waals surface area contributed by atoms with Crippen LogP contribution in [-0.2, 0) is 9.53 Å². The molecule has 7 nitrogen and oxygen atoms in total. The number of methoxy groups -OCH3 is 1. The van der Waals surface area contributed by atoms with E-state index in [2.05, 4.69) is 10.3 Å². The monoisotopic (exact) mass is 527 g/mol. The van der Waals surface area contributed by atoms with E-state index in [4.69, 9.17) is 4.74 Å². The van der Waals surface area contributed by atoms with Gasteiger partial charge in [0.1, 0.15) is 5.82 Å². The lowest BCUT2D eigenvalue weighted by Crippen LogP contribution is -2.40. The zero-order chi connectivity index (χ0) is 26.8. The Labute approximate surface area is 220 Å². The molecule has 0 fully saturated rings. The first-order valence-corrected chi connectivity index (χ1v) is 12.5. The van der Waals surface area contributed by atoms with E-state index in [0.717, 1.165) is 0 Å². The molecule has 0 bridgehead atoms. The van der Waals surface area contributed by atoms with Crippen LogP contribution in [0.2, 0.25) is 0 Å². The normalized spacial score (nSPS) is 15.0. The average molecular weight is 528 g/mol. The molecule has 4 aromatic rings. The third kappa shape index (κ3) is 4.83. The Morgan fingerprint density at radius 1 is 1.03 bits per heavy atom. The van der Waals surface area contributed by atoms with Gasteiger partial charge in [-0.2, -0.15) is 0 Å². The van der Waals surface area contributed by atoms with Gasteiger partial charge in [-0.25, -0.2) is 14.2 Å². The molecule has 0 spiro atoms. The van der Waals surface area contributed by atoms with Crippen molar-refractivity contribution in [3.8, 4) is 0 Å². The fraction of sp³-hybridized carbons (Fsp3) is 0.103. The van der Waals surface area contributed by atoms with Crippen LogP contribution in [0, 0.1) is 5.82 Å². The van der Waals surface area contributed by atoms with E-state index in [1.165, 1.54) is 35.1 Å². The number of nitrogens with one attached hydrogen (secondary N) is 1. The molecule has 1 aliphatic rings. The maximum atomic E-state index is 13.8. The summed E-state index contributed by atoms with van der Waals surface area (Å²) in [6.45, 7) is 1.72. The third-order valence-corrected chi connectivity index (χ3v) is 7.10. The summed E-state index contributed by atoms with van der Waals surface area (Å²) < 4.78 is 20.4. The van der Waals surface area contributed by atoms with E-state index in [1.807, 2.05) is 6.07 Å². The van der Waals surface area contributed by atoms with Crippen LogP contribution in [0.15, 0.2) is 99.9 Å². The number of para-hydroxylation sites is 1. The summed E-state index contributed by atoms with van der Waals surface area (Å²) >= 11 is 1.19. The number of nitrogens with zero attached hydrogens (tertiary/aromatic N) is 2. The number of esters is 1. The summed E-state index contributed by atoms with van der Waals surface area (Å²) in [5.41, 5.74) is 2.70. The van der Waals surface area contributed by atoms with Gasteiger partial charge in [0.2, 0.25) is 0 Å². The van der Waals surface area contributed by atoms with Crippen molar-refractivity contribution in [2.45, 2.75) is 13.0 Å². The highest BCUT2D eigenvalue weighted by Crippen LogP contribution is 2.31. The van der Waals surface area contributed by atoms with Crippen molar-refractivity contribution in [3.05, 3.63) is 132 Å². The number of benzene rings is 3. The summed E-state index contributed by atoms with van der Waals surface area (Å²) in [5.74, 6) is -1.28. The van der Waals surface area contributed by atoms with E-state index < -0.39 is 23.7 Å². The SMILES string of the molecule is COC(=O)c1ccc(C=c2sc3n(c2=O)[C@H](c2ccc(F)cc2)C(C(=O)Nc2ccccc2)=C(C)N=3)cc1. The topological polar surface area (TPSA) is 89.8 Å². The predicted molar refractivity (Wildman–Crippen MR) is 143 cm³/mol. The molecule has 0 unspecified atom stereocenters. The molecule has 0 radical (unpaired) electrons. The van der Waals surface area contributed by atoms with Crippen molar-refractivity contribution in [3.63, 3.8) is 0 Å². The van der Waals surface area contributed by atoms with Crippen molar-refractivity contribution < 1.29 is 18.7 Å². The number of carbonyl (C=O) groups is 2. The molecule has 9 heteroatoms. The second kappa shape index (κ2) is 10.4. The highest BCUT2D eigenvalue weighted by atomic mass is 32.1. The molecular formula is C29H22FN3O4S. The lowest BCUT2D eigenvalue weighted by molar-refractivity contribution is -0.113. The number of hydrogen-bond acceptors (Lipinski definition) is 6. The fourth-order valence-electron chi connectivity index (χ4n) is 4.28. The van der Waals surface area contributed by atoms with Gasteiger partial charge in [0.25, 0.3) is 11.5 Å². The smallest absolute Gasteiger partial charge is 0.337 e. The van der Waals surface area contributed by atoms with Crippen LogP contribution < -0.4 is 20.2 Å². The van der Waals surface area contributed by atoms with Crippen LogP contribution in [0.3, 0.4) is 0 Å². The molecule has 0 saturated heterocycles. The van der Waals surface area contributed by atoms with Crippen LogP contribution in [-0.4, -0.2) is 23.6 Å². The first-order valence-electron chi connectivity index (χ1n) is 11.7. The Kier molecular flexibility index (Phi) is 6.85. The van der Waals surface area contributed by atoms with Crippen molar-refractivity contribution in [1.82, 2.24) is 4.57 Å². The zero-order valence-electron chi connectivity index (χ0n) is 20.5. The maximum Gasteiger partial charge on any atom is 0.337 e. The number of ether oxygens (including phenoxy) is 1. The molecule has 3 aromatic carbocycles. The molecule has 190 valence electrons. The van der Waals surface area contributed by atoms with E-state index >= 15 is 0 Å². The van der Waals surface area contributed by atoms with Gasteiger partial charge in [0.05, 0.1) is 34.5 Å². The lowest BCUT2D eigenvalue weighted by atomic mass is 9.95. The number of hydrogen-bond donors (Lipinski definition) is 1. The number of thiazole rings is 1. The van der Waals surface area contributed by atoms with Gasteiger partial charge in [-0.1, -0.05) is 53.8 Å². The van der Waals surface area contributed by atoms with Crippen LogP contribution in [0.25, 0.3) is 6.08 Å². The highest BCUT2D eigenvalue weighted by Gasteiger charge is 2.32. The van der Waals surface area contributed by atoms with E-state index in [0.29, 0.717) is 43.0 Å². The van der Waals surface area contributed by atoms with Gasteiger partial charge in [0.15, 0.2) is 4.80 Å². The minimum absolute atomic E-state index is 0.293. The molecule has 1 N–H and O–H groups in total. The summed E-state index contributed by atoms with van der Waals surface area (Å²) in [7, 11) is 1.31. The van der Waals surface area contributed by atoms with Gasteiger partial charge in [-0.3, -0.25) is 14.2 Å². The molecule has 1 atom stereocenters. The van der Waals surface area contributed by atoms with Crippen molar-refractivity contribution in [1.29, 1.82) is 0 Å². The number of rotatable bonds is 5. The fourth-order valence-corrected chi connectivity index (χ4v) is 5.32. The summed E-state index contributed by atoms with van der Waals surface area (Å²) in [5, 5.41) is 2.88. The van der Waals surface area contributed by atoms with E-state index in [9.17, 15) is 18.8 Å².